The molecule has 3 aliphatic heterocycles. The zero-order valence-corrected chi connectivity index (χ0v) is 12.5. The first-order valence-electron chi connectivity index (χ1n) is 8.48. The normalized spacial score (nSPS) is 35.3. The van der Waals surface area contributed by atoms with Gasteiger partial charge >= 0.3 is 5.97 Å². The van der Waals surface area contributed by atoms with E-state index in [1.54, 1.807) is 0 Å². The molecule has 3 saturated heterocycles. The average Bonchev–Trinajstić information content (AvgIpc) is 2.53. The average molecular weight is 280 g/mol. The predicted octanol–water partition coefficient (Wildman–Crippen LogP) is 1.94. The van der Waals surface area contributed by atoms with Gasteiger partial charge < -0.3 is 10.1 Å². The lowest BCUT2D eigenvalue weighted by Crippen LogP contribution is -2.50. The van der Waals surface area contributed by atoms with Gasteiger partial charge in [0.2, 0.25) is 0 Å². The minimum absolute atomic E-state index is 0.0161. The highest BCUT2D eigenvalue weighted by Crippen LogP contribution is 2.31. The van der Waals surface area contributed by atoms with Crippen molar-refractivity contribution in [1.29, 1.82) is 0 Å². The minimum Gasteiger partial charge on any atom is -0.464 e. The fourth-order valence-electron chi connectivity index (χ4n) is 4.11. The third-order valence-corrected chi connectivity index (χ3v) is 5.26. The van der Waals surface area contributed by atoms with Crippen molar-refractivity contribution in [2.45, 2.75) is 63.5 Å². The SMILES string of the molecule is O=C(OC[C@H]1CCCN2CCCC[C@@H]12)[C@@H]1CCCCN1. The van der Waals surface area contributed by atoms with Crippen LogP contribution in [0.4, 0.5) is 0 Å². The third kappa shape index (κ3) is 3.34. The van der Waals surface area contributed by atoms with Gasteiger partial charge in [-0.3, -0.25) is 9.69 Å². The monoisotopic (exact) mass is 280 g/mol. The molecule has 0 radical (unpaired) electrons. The molecule has 0 aromatic carbocycles. The van der Waals surface area contributed by atoms with Gasteiger partial charge in [0.1, 0.15) is 6.04 Å². The summed E-state index contributed by atoms with van der Waals surface area (Å²) in [5.41, 5.74) is 0. The van der Waals surface area contributed by atoms with E-state index in [4.69, 9.17) is 4.74 Å². The molecule has 4 nitrogen and oxygen atoms in total. The molecule has 1 N–H and O–H groups in total. The standard InChI is InChI=1S/C16H28N2O2/c19-16(14-7-1-3-9-17-14)20-12-13-6-5-11-18-10-4-2-8-15(13)18/h13-15,17H,1-12H2/t13-,14+,15+/m1/s1. The van der Waals surface area contributed by atoms with Crippen LogP contribution in [0, 0.1) is 5.92 Å². The van der Waals surface area contributed by atoms with E-state index in [1.807, 2.05) is 0 Å². The predicted molar refractivity (Wildman–Crippen MR) is 78.5 cm³/mol. The lowest BCUT2D eigenvalue weighted by atomic mass is 9.84. The Morgan fingerprint density at radius 2 is 1.90 bits per heavy atom. The van der Waals surface area contributed by atoms with E-state index < -0.39 is 0 Å². The second-order valence-corrected chi connectivity index (χ2v) is 6.63. The number of nitrogens with zero attached hydrogens (tertiary/aromatic N) is 1. The second kappa shape index (κ2) is 6.90. The van der Waals surface area contributed by atoms with E-state index in [1.165, 1.54) is 51.6 Å². The maximum Gasteiger partial charge on any atom is 0.323 e. The van der Waals surface area contributed by atoms with Gasteiger partial charge in [-0.05, 0) is 58.2 Å². The summed E-state index contributed by atoms with van der Waals surface area (Å²) in [6, 6.07) is 0.624. The highest BCUT2D eigenvalue weighted by molar-refractivity contribution is 5.75. The Morgan fingerprint density at radius 1 is 1.05 bits per heavy atom. The molecule has 0 spiro atoms. The topological polar surface area (TPSA) is 41.6 Å². The Balaban J connectivity index is 1.48. The smallest absolute Gasteiger partial charge is 0.323 e. The van der Waals surface area contributed by atoms with Crippen LogP contribution >= 0.6 is 0 Å². The van der Waals surface area contributed by atoms with Gasteiger partial charge in [-0.2, -0.15) is 0 Å². The molecule has 0 aliphatic carbocycles. The molecule has 0 aromatic rings. The molecule has 0 aromatic heterocycles. The number of rotatable bonds is 3. The van der Waals surface area contributed by atoms with Crippen molar-refractivity contribution in [3.05, 3.63) is 0 Å². The number of ether oxygens (including phenoxy) is 1. The van der Waals surface area contributed by atoms with Crippen LogP contribution in [-0.2, 0) is 9.53 Å². The molecule has 4 heteroatoms. The highest BCUT2D eigenvalue weighted by atomic mass is 16.5. The molecule has 20 heavy (non-hydrogen) atoms. The Labute approximate surface area is 122 Å². The van der Waals surface area contributed by atoms with Gasteiger partial charge in [0.15, 0.2) is 0 Å². The van der Waals surface area contributed by atoms with Gasteiger partial charge in [0, 0.05) is 12.0 Å². The summed E-state index contributed by atoms with van der Waals surface area (Å²) >= 11 is 0. The van der Waals surface area contributed by atoms with Gasteiger partial charge in [0.05, 0.1) is 6.61 Å². The maximum atomic E-state index is 12.1. The number of carbonyl (C=O) groups is 1. The van der Waals surface area contributed by atoms with Crippen molar-refractivity contribution >= 4 is 5.97 Å². The van der Waals surface area contributed by atoms with Crippen molar-refractivity contribution in [3.63, 3.8) is 0 Å². The molecular formula is C16H28N2O2. The summed E-state index contributed by atoms with van der Waals surface area (Å²) in [4.78, 5) is 14.7. The number of piperidine rings is 3. The van der Waals surface area contributed by atoms with Crippen LogP contribution in [0.1, 0.15) is 51.4 Å². The van der Waals surface area contributed by atoms with Crippen LogP contribution in [0.5, 0.6) is 0 Å². The number of hydrogen-bond acceptors (Lipinski definition) is 4. The molecule has 0 bridgehead atoms. The van der Waals surface area contributed by atoms with Crippen molar-refractivity contribution in [2.24, 2.45) is 5.92 Å². The fourth-order valence-corrected chi connectivity index (χ4v) is 4.11. The summed E-state index contributed by atoms with van der Waals surface area (Å²) in [5.74, 6) is 0.550. The molecule has 0 saturated carbocycles. The van der Waals surface area contributed by atoms with E-state index in [2.05, 4.69) is 10.2 Å². The Kier molecular flexibility index (Phi) is 4.94. The first-order valence-corrected chi connectivity index (χ1v) is 8.48. The van der Waals surface area contributed by atoms with Gasteiger partial charge in [-0.25, -0.2) is 0 Å². The van der Waals surface area contributed by atoms with Crippen LogP contribution in [0.25, 0.3) is 0 Å². The molecule has 3 heterocycles. The number of carbonyl (C=O) groups excluding carboxylic acids is 1. The van der Waals surface area contributed by atoms with E-state index >= 15 is 0 Å². The van der Waals surface area contributed by atoms with Crippen molar-refractivity contribution in [1.82, 2.24) is 10.2 Å². The van der Waals surface area contributed by atoms with E-state index in [9.17, 15) is 4.79 Å². The maximum absolute atomic E-state index is 12.1. The molecule has 3 rings (SSSR count). The van der Waals surface area contributed by atoms with Gasteiger partial charge in [-0.15, -0.1) is 0 Å². The van der Waals surface area contributed by atoms with Crippen LogP contribution < -0.4 is 5.32 Å². The third-order valence-electron chi connectivity index (χ3n) is 5.26. The first kappa shape index (κ1) is 14.3. The summed E-state index contributed by atoms with van der Waals surface area (Å²) in [7, 11) is 0. The van der Waals surface area contributed by atoms with E-state index in [0.717, 1.165) is 19.4 Å². The molecular weight excluding hydrogens is 252 g/mol. The van der Waals surface area contributed by atoms with Gasteiger partial charge in [-0.1, -0.05) is 12.8 Å². The molecule has 3 aliphatic rings. The summed E-state index contributed by atoms with van der Waals surface area (Å²) in [6.45, 7) is 4.09. The van der Waals surface area contributed by atoms with Crippen molar-refractivity contribution in [2.75, 3.05) is 26.2 Å². The molecule has 114 valence electrons. The second-order valence-electron chi connectivity index (χ2n) is 6.63. The van der Waals surface area contributed by atoms with Crippen LogP contribution in [0.2, 0.25) is 0 Å². The zero-order valence-electron chi connectivity index (χ0n) is 12.5. The van der Waals surface area contributed by atoms with Crippen LogP contribution in [-0.4, -0.2) is 49.2 Å². The molecule has 0 amide bonds. The van der Waals surface area contributed by atoms with E-state index in [-0.39, 0.29) is 12.0 Å². The molecule has 3 atom stereocenters. The zero-order chi connectivity index (χ0) is 13.8. The fraction of sp³-hybridized carbons (Fsp3) is 0.938. The molecule has 0 unspecified atom stereocenters. The van der Waals surface area contributed by atoms with Crippen molar-refractivity contribution in [3.8, 4) is 0 Å². The van der Waals surface area contributed by atoms with E-state index in [0.29, 0.717) is 18.6 Å². The van der Waals surface area contributed by atoms with Crippen molar-refractivity contribution < 1.29 is 9.53 Å². The number of nitrogens with one attached hydrogen (secondary N) is 1. The Morgan fingerprint density at radius 3 is 2.75 bits per heavy atom. The van der Waals surface area contributed by atoms with Crippen LogP contribution in [0.3, 0.4) is 0 Å². The largest absolute Gasteiger partial charge is 0.464 e. The minimum atomic E-state index is -0.0465. The number of hydrogen-bond donors (Lipinski definition) is 1. The number of esters is 1. The lowest BCUT2D eigenvalue weighted by Gasteiger charge is -2.44. The quantitative estimate of drug-likeness (QED) is 0.802. The molecule has 3 fully saturated rings. The lowest BCUT2D eigenvalue weighted by molar-refractivity contribution is -0.149. The Hall–Kier alpha value is -0.610. The van der Waals surface area contributed by atoms with Crippen LogP contribution in [0.15, 0.2) is 0 Å². The summed E-state index contributed by atoms with van der Waals surface area (Å²) in [6.07, 6.45) is 9.75. The van der Waals surface area contributed by atoms with Gasteiger partial charge in [0.25, 0.3) is 0 Å². The summed E-state index contributed by atoms with van der Waals surface area (Å²) < 4.78 is 5.64. The number of fused-ring (bicyclic) bond motifs is 1. The Bertz CT molecular complexity index is 326. The summed E-state index contributed by atoms with van der Waals surface area (Å²) in [5, 5.41) is 3.28. The highest BCUT2D eigenvalue weighted by Gasteiger charge is 2.34. The first-order chi connectivity index (χ1) is 9.84.